The van der Waals surface area contributed by atoms with Gasteiger partial charge in [0.15, 0.2) is 5.82 Å². The van der Waals surface area contributed by atoms with Crippen molar-refractivity contribution in [2.75, 3.05) is 0 Å². The summed E-state index contributed by atoms with van der Waals surface area (Å²) in [5.74, 6) is 1.20. The first-order valence-electron chi connectivity index (χ1n) is 6.53. The quantitative estimate of drug-likeness (QED) is 0.575. The highest BCUT2D eigenvalue weighted by Gasteiger charge is 2.18. The van der Waals surface area contributed by atoms with Crippen molar-refractivity contribution in [3.05, 3.63) is 25.8 Å². The molecule has 6 heteroatoms. The number of nitrogens with zero attached hydrogens (tertiary/aromatic N) is 4. The Morgan fingerprint density at radius 2 is 1.90 bits per heavy atom. The minimum absolute atomic E-state index is 0.522. The fourth-order valence-corrected chi connectivity index (χ4v) is 2.84. The summed E-state index contributed by atoms with van der Waals surface area (Å²) in [5.41, 5.74) is 3.97. The zero-order valence-electron chi connectivity index (χ0n) is 12.3. The highest BCUT2D eigenvalue weighted by molar-refractivity contribution is 14.1. The minimum Gasteiger partial charge on any atom is -0.272 e. The van der Waals surface area contributed by atoms with Crippen molar-refractivity contribution >= 4 is 34.2 Å². The Balaban J connectivity index is 2.60. The standard InChI is InChI=1S/C14H18ClIN4/c1-7(2)6-10-12(16)13(15)18-14(17-10)11-8(3)19-20(5)9(11)4/h7H,6H2,1-5H3. The number of aromatic nitrogens is 4. The Labute approximate surface area is 138 Å². The highest BCUT2D eigenvalue weighted by Crippen LogP contribution is 2.28. The number of rotatable bonds is 3. The molecule has 0 aliphatic rings. The fourth-order valence-electron chi connectivity index (χ4n) is 2.19. The average Bonchev–Trinajstić information content (AvgIpc) is 2.58. The van der Waals surface area contributed by atoms with Crippen LogP contribution in [0.5, 0.6) is 0 Å². The summed E-state index contributed by atoms with van der Waals surface area (Å²) in [6.07, 6.45) is 0.895. The van der Waals surface area contributed by atoms with Crippen LogP contribution in [0, 0.1) is 23.3 Å². The van der Waals surface area contributed by atoms with E-state index in [1.54, 1.807) is 0 Å². The van der Waals surface area contributed by atoms with Crippen molar-refractivity contribution in [3.63, 3.8) is 0 Å². The third-order valence-corrected chi connectivity index (χ3v) is 4.94. The lowest BCUT2D eigenvalue weighted by Gasteiger charge is -2.10. The van der Waals surface area contributed by atoms with Crippen molar-refractivity contribution in [2.24, 2.45) is 13.0 Å². The van der Waals surface area contributed by atoms with Gasteiger partial charge in [-0.15, -0.1) is 0 Å². The molecule has 0 aliphatic heterocycles. The summed E-state index contributed by atoms with van der Waals surface area (Å²) in [6, 6.07) is 0. The van der Waals surface area contributed by atoms with Crippen molar-refractivity contribution in [3.8, 4) is 11.4 Å². The molecule has 0 saturated heterocycles. The molecule has 2 aromatic heterocycles. The molecule has 0 fully saturated rings. The van der Waals surface area contributed by atoms with Gasteiger partial charge in [-0.05, 0) is 48.8 Å². The van der Waals surface area contributed by atoms with E-state index in [0.717, 1.165) is 32.6 Å². The molecular formula is C14H18ClIN4. The molecule has 0 aliphatic carbocycles. The monoisotopic (exact) mass is 404 g/mol. The van der Waals surface area contributed by atoms with Crippen molar-refractivity contribution in [1.29, 1.82) is 0 Å². The SMILES string of the molecule is Cc1nn(C)c(C)c1-c1nc(Cl)c(I)c(CC(C)C)n1. The number of hydrogen-bond acceptors (Lipinski definition) is 3. The molecule has 0 spiro atoms. The second-order valence-electron chi connectivity index (χ2n) is 5.37. The molecule has 0 aromatic carbocycles. The lowest BCUT2D eigenvalue weighted by atomic mass is 10.1. The van der Waals surface area contributed by atoms with E-state index in [0.29, 0.717) is 16.9 Å². The zero-order chi connectivity index (χ0) is 15.0. The smallest absolute Gasteiger partial charge is 0.164 e. The molecule has 20 heavy (non-hydrogen) atoms. The van der Waals surface area contributed by atoms with Gasteiger partial charge in [-0.1, -0.05) is 25.4 Å². The maximum atomic E-state index is 6.28. The van der Waals surface area contributed by atoms with Gasteiger partial charge >= 0.3 is 0 Å². The Morgan fingerprint density at radius 3 is 2.40 bits per heavy atom. The maximum Gasteiger partial charge on any atom is 0.164 e. The lowest BCUT2D eigenvalue weighted by molar-refractivity contribution is 0.632. The van der Waals surface area contributed by atoms with Crippen LogP contribution in [0.1, 0.15) is 30.9 Å². The number of halogens is 2. The summed E-state index contributed by atoms with van der Waals surface area (Å²) < 4.78 is 2.79. The van der Waals surface area contributed by atoms with Crippen molar-refractivity contribution < 1.29 is 0 Å². The van der Waals surface area contributed by atoms with Crippen LogP contribution in [-0.2, 0) is 13.5 Å². The molecule has 108 valence electrons. The van der Waals surface area contributed by atoms with Crippen LogP contribution in [0.15, 0.2) is 0 Å². The van der Waals surface area contributed by atoms with Gasteiger partial charge in [0.2, 0.25) is 0 Å². The van der Waals surface area contributed by atoms with E-state index in [4.69, 9.17) is 16.6 Å². The first-order valence-corrected chi connectivity index (χ1v) is 7.99. The van der Waals surface area contributed by atoms with E-state index in [9.17, 15) is 0 Å². The predicted octanol–water partition coefficient (Wildman–Crippen LogP) is 3.95. The van der Waals surface area contributed by atoms with Gasteiger partial charge in [0, 0.05) is 12.7 Å². The van der Waals surface area contributed by atoms with Crippen LogP contribution < -0.4 is 0 Å². The molecule has 2 aromatic rings. The summed E-state index contributed by atoms with van der Waals surface area (Å²) in [6.45, 7) is 8.34. The van der Waals surface area contributed by atoms with E-state index >= 15 is 0 Å². The van der Waals surface area contributed by atoms with Gasteiger partial charge in [-0.25, -0.2) is 9.97 Å². The first kappa shape index (κ1) is 15.7. The molecule has 0 atom stereocenters. The van der Waals surface area contributed by atoms with Gasteiger partial charge in [0.05, 0.1) is 20.5 Å². The van der Waals surface area contributed by atoms with Crippen LogP contribution in [0.4, 0.5) is 0 Å². The van der Waals surface area contributed by atoms with Crippen molar-refractivity contribution in [1.82, 2.24) is 19.7 Å². The Kier molecular flexibility index (Phi) is 4.69. The van der Waals surface area contributed by atoms with Crippen LogP contribution >= 0.6 is 34.2 Å². The second-order valence-corrected chi connectivity index (χ2v) is 6.80. The molecule has 2 rings (SSSR count). The zero-order valence-corrected chi connectivity index (χ0v) is 15.2. The Bertz CT molecular complexity index is 649. The Morgan fingerprint density at radius 1 is 1.25 bits per heavy atom. The highest BCUT2D eigenvalue weighted by atomic mass is 127. The normalized spacial score (nSPS) is 11.4. The van der Waals surface area contributed by atoms with E-state index in [1.165, 1.54) is 0 Å². The molecule has 4 nitrogen and oxygen atoms in total. The molecular weight excluding hydrogens is 387 g/mol. The van der Waals surface area contributed by atoms with Crippen LogP contribution in [0.25, 0.3) is 11.4 Å². The van der Waals surface area contributed by atoms with Gasteiger partial charge in [-0.2, -0.15) is 5.10 Å². The topological polar surface area (TPSA) is 43.6 Å². The third kappa shape index (κ3) is 2.98. The van der Waals surface area contributed by atoms with Gasteiger partial charge in [0.1, 0.15) is 5.15 Å². The van der Waals surface area contributed by atoms with E-state index in [2.05, 4.69) is 46.5 Å². The number of aryl methyl sites for hydroxylation is 2. The lowest BCUT2D eigenvalue weighted by Crippen LogP contribution is -2.05. The molecule has 0 unspecified atom stereocenters. The van der Waals surface area contributed by atoms with Crippen molar-refractivity contribution in [2.45, 2.75) is 34.1 Å². The minimum atomic E-state index is 0.522. The second kappa shape index (κ2) is 5.97. The van der Waals surface area contributed by atoms with E-state index < -0.39 is 0 Å². The summed E-state index contributed by atoms with van der Waals surface area (Å²) >= 11 is 8.50. The summed E-state index contributed by atoms with van der Waals surface area (Å²) in [5, 5.41) is 4.94. The molecule has 0 bridgehead atoms. The summed E-state index contributed by atoms with van der Waals surface area (Å²) in [4.78, 5) is 9.16. The maximum absolute atomic E-state index is 6.28. The van der Waals surface area contributed by atoms with Gasteiger partial charge in [0.25, 0.3) is 0 Å². The van der Waals surface area contributed by atoms with Crippen LogP contribution in [-0.4, -0.2) is 19.7 Å². The largest absolute Gasteiger partial charge is 0.272 e. The first-order chi connectivity index (χ1) is 9.31. The van der Waals surface area contributed by atoms with Gasteiger partial charge in [-0.3, -0.25) is 4.68 Å². The Hall–Kier alpha value is -0.690. The van der Waals surface area contributed by atoms with Crippen LogP contribution in [0.3, 0.4) is 0 Å². The van der Waals surface area contributed by atoms with E-state index in [-0.39, 0.29) is 0 Å². The average molecular weight is 405 g/mol. The molecule has 0 amide bonds. The van der Waals surface area contributed by atoms with Crippen LogP contribution in [0.2, 0.25) is 5.15 Å². The van der Waals surface area contributed by atoms with E-state index in [1.807, 2.05) is 25.6 Å². The fraction of sp³-hybridized carbons (Fsp3) is 0.500. The van der Waals surface area contributed by atoms with Gasteiger partial charge < -0.3 is 0 Å². The molecule has 0 N–H and O–H groups in total. The molecule has 2 heterocycles. The third-order valence-electron chi connectivity index (χ3n) is 3.21. The molecule has 0 radical (unpaired) electrons. The predicted molar refractivity (Wildman–Crippen MR) is 90.0 cm³/mol. The summed E-state index contributed by atoms with van der Waals surface area (Å²) in [7, 11) is 1.93. The number of hydrogen-bond donors (Lipinski definition) is 0. The molecule has 0 saturated carbocycles.